The van der Waals surface area contributed by atoms with E-state index in [0.29, 0.717) is 11.1 Å². The highest BCUT2D eigenvalue weighted by molar-refractivity contribution is 6.06. The largest absolute Gasteiger partial charge is 0.465 e. The van der Waals surface area contributed by atoms with E-state index in [9.17, 15) is 19.6 Å². The van der Waals surface area contributed by atoms with Gasteiger partial charge in [0.25, 0.3) is 0 Å². The van der Waals surface area contributed by atoms with Gasteiger partial charge in [0.05, 0.1) is 18.6 Å². The van der Waals surface area contributed by atoms with Crippen molar-refractivity contribution in [3.63, 3.8) is 0 Å². The fourth-order valence-corrected chi connectivity index (χ4v) is 3.22. The van der Waals surface area contributed by atoms with E-state index in [1.807, 2.05) is 6.07 Å². The lowest BCUT2D eigenvalue weighted by Crippen LogP contribution is -2.43. The summed E-state index contributed by atoms with van der Waals surface area (Å²) in [6, 6.07) is 19.0. The first-order valence-corrected chi connectivity index (χ1v) is 9.26. The molecular weight excluding hydrogens is 354 g/mol. The second-order valence-corrected chi connectivity index (χ2v) is 6.43. The van der Waals surface area contributed by atoms with Crippen molar-refractivity contribution in [2.24, 2.45) is 11.3 Å². The van der Waals surface area contributed by atoms with Crippen LogP contribution in [0.15, 0.2) is 60.7 Å². The Morgan fingerprint density at radius 2 is 1.50 bits per heavy atom. The number of ether oxygens (including phenoxy) is 1. The molecule has 0 radical (unpaired) electrons. The molecule has 0 N–H and O–H groups in total. The molecule has 2 aromatic rings. The highest BCUT2D eigenvalue weighted by atomic mass is 16.5. The van der Waals surface area contributed by atoms with Crippen LogP contribution in [0, 0.1) is 22.7 Å². The third-order valence-corrected chi connectivity index (χ3v) is 4.85. The molecule has 2 aromatic carbocycles. The van der Waals surface area contributed by atoms with E-state index >= 15 is 0 Å². The molecule has 0 heterocycles. The van der Waals surface area contributed by atoms with E-state index in [4.69, 9.17) is 4.74 Å². The molecule has 0 aromatic heterocycles. The van der Waals surface area contributed by atoms with E-state index in [1.165, 1.54) is 0 Å². The summed E-state index contributed by atoms with van der Waals surface area (Å²) < 4.78 is 5.12. The topological polar surface area (TPSA) is 84.2 Å². The molecule has 5 heteroatoms. The second-order valence-electron chi connectivity index (χ2n) is 6.43. The predicted molar refractivity (Wildman–Crippen MR) is 105 cm³/mol. The van der Waals surface area contributed by atoms with Crippen LogP contribution in [0.4, 0.5) is 0 Å². The van der Waals surface area contributed by atoms with E-state index in [1.54, 1.807) is 74.5 Å². The molecule has 0 aliphatic carbocycles. The first kappa shape index (κ1) is 21.0. The van der Waals surface area contributed by atoms with Crippen molar-refractivity contribution in [2.45, 2.75) is 26.7 Å². The minimum atomic E-state index is -1.73. The minimum absolute atomic E-state index is 0.0631. The second kappa shape index (κ2) is 9.61. The van der Waals surface area contributed by atoms with Crippen LogP contribution in [0.2, 0.25) is 0 Å². The van der Waals surface area contributed by atoms with Gasteiger partial charge >= 0.3 is 5.97 Å². The quantitative estimate of drug-likeness (QED) is 0.482. The Hall–Kier alpha value is -3.26. The number of rotatable bonds is 9. The van der Waals surface area contributed by atoms with Gasteiger partial charge in [-0.2, -0.15) is 5.26 Å². The molecule has 0 aliphatic heterocycles. The number of carbonyl (C=O) groups excluding carboxylic acids is 3. The number of nitriles is 1. The van der Waals surface area contributed by atoms with Crippen LogP contribution in [-0.2, 0) is 9.53 Å². The van der Waals surface area contributed by atoms with Crippen molar-refractivity contribution in [3.05, 3.63) is 71.8 Å². The number of nitrogens with zero attached hydrogens (tertiary/aromatic N) is 1. The highest BCUT2D eigenvalue weighted by Gasteiger charge is 2.50. The third-order valence-electron chi connectivity index (χ3n) is 4.85. The minimum Gasteiger partial charge on any atom is -0.465 e. The van der Waals surface area contributed by atoms with Crippen molar-refractivity contribution in [2.75, 3.05) is 6.61 Å². The van der Waals surface area contributed by atoms with Gasteiger partial charge in [0, 0.05) is 17.5 Å². The van der Waals surface area contributed by atoms with Crippen LogP contribution in [0.25, 0.3) is 0 Å². The van der Waals surface area contributed by atoms with Crippen LogP contribution in [0.3, 0.4) is 0 Å². The lowest BCUT2D eigenvalue weighted by molar-refractivity contribution is -0.154. The van der Waals surface area contributed by atoms with Gasteiger partial charge in [0.1, 0.15) is 0 Å². The van der Waals surface area contributed by atoms with E-state index < -0.39 is 23.1 Å². The molecule has 2 rings (SSSR count). The number of carbonyl (C=O) groups is 3. The summed E-state index contributed by atoms with van der Waals surface area (Å²) in [7, 11) is 0. The Morgan fingerprint density at radius 3 is 1.96 bits per heavy atom. The third kappa shape index (κ3) is 4.34. The van der Waals surface area contributed by atoms with Gasteiger partial charge in [0.2, 0.25) is 0 Å². The normalized spacial score (nSPS) is 13.6. The number of hydrogen-bond donors (Lipinski definition) is 0. The van der Waals surface area contributed by atoms with Crippen molar-refractivity contribution < 1.29 is 19.1 Å². The maximum atomic E-state index is 13.3. The van der Waals surface area contributed by atoms with Gasteiger partial charge in [-0.3, -0.25) is 14.4 Å². The number of benzene rings is 2. The molecule has 2 atom stereocenters. The maximum Gasteiger partial charge on any atom is 0.327 e. The zero-order chi connectivity index (χ0) is 20.6. The zero-order valence-electron chi connectivity index (χ0n) is 16.1. The molecule has 0 aliphatic rings. The molecule has 0 saturated carbocycles. The first-order chi connectivity index (χ1) is 13.5. The summed E-state index contributed by atoms with van der Waals surface area (Å²) >= 11 is 0. The monoisotopic (exact) mass is 377 g/mol. The Morgan fingerprint density at radius 1 is 0.964 bits per heavy atom. The lowest BCUT2D eigenvalue weighted by Gasteiger charge is -2.30. The SMILES string of the molecule is CCOC(=O)C(C#N)(CC)C(CC(=O)c1ccccc1)C(=O)c1ccccc1. The molecule has 0 spiro atoms. The summed E-state index contributed by atoms with van der Waals surface area (Å²) in [5, 5.41) is 9.91. The summed E-state index contributed by atoms with van der Waals surface area (Å²) in [5.41, 5.74) is -0.946. The molecule has 5 nitrogen and oxygen atoms in total. The lowest BCUT2D eigenvalue weighted by atomic mass is 9.68. The summed E-state index contributed by atoms with van der Waals surface area (Å²) in [6.07, 6.45) is -0.189. The molecule has 0 amide bonds. The van der Waals surface area contributed by atoms with Gasteiger partial charge in [-0.1, -0.05) is 67.6 Å². The van der Waals surface area contributed by atoms with Crippen LogP contribution in [0.1, 0.15) is 47.4 Å². The van der Waals surface area contributed by atoms with Gasteiger partial charge in [-0.05, 0) is 13.3 Å². The van der Waals surface area contributed by atoms with Crippen molar-refractivity contribution in [1.82, 2.24) is 0 Å². The molecule has 0 bridgehead atoms. The fraction of sp³-hybridized carbons (Fsp3) is 0.304. The van der Waals surface area contributed by atoms with Crippen LogP contribution >= 0.6 is 0 Å². The Balaban J connectivity index is 2.51. The standard InChI is InChI=1S/C23H23NO4/c1-3-23(16-24,22(27)28-4-2)19(21(26)18-13-9-6-10-14-18)15-20(25)17-11-7-5-8-12-17/h5-14,19H,3-4,15H2,1-2H3. The van der Waals surface area contributed by atoms with Gasteiger partial charge in [-0.25, -0.2) is 0 Å². The van der Waals surface area contributed by atoms with Crippen molar-refractivity contribution >= 4 is 17.5 Å². The summed E-state index contributed by atoms with van der Waals surface area (Å²) in [6.45, 7) is 3.37. The average Bonchev–Trinajstić information content (AvgIpc) is 2.75. The van der Waals surface area contributed by atoms with Crippen LogP contribution < -0.4 is 0 Å². The van der Waals surface area contributed by atoms with Gasteiger partial charge in [0.15, 0.2) is 17.0 Å². The van der Waals surface area contributed by atoms with Crippen molar-refractivity contribution in [1.29, 1.82) is 5.26 Å². The molecule has 28 heavy (non-hydrogen) atoms. The Kier molecular flexibility index (Phi) is 7.22. The Labute approximate surface area is 164 Å². The molecule has 144 valence electrons. The highest BCUT2D eigenvalue weighted by Crippen LogP contribution is 2.38. The summed E-state index contributed by atoms with van der Waals surface area (Å²) in [5.74, 6) is -2.62. The van der Waals surface area contributed by atoms with E-state index in [2.05, 4.69) is 0 Å². The predicted octanol–water partition coefficient (Wildman–Crippen LogP) is 4.24. The summed E-state index contributed by atoms with van der Waals surface area (Å²) in [4.78, 5) is 38.8. The first-order valence-electron chi connectivity index (χ1n) is 9.26. The zero-order valence-corrected chi connectivity index (χ0v) is 16.1. The van der Waals surface area contributed by atoms with Gasteiger partial charge < -0.3 is 4.74 Å². The van der Waals surface area contributed by atoms with E-state index in [-0.39, 0.29) is 25.2 Å². The molecular formula is C23H23NO4. The molecule has 2 unspecified atom stereocenters. The fourth-order valence-electron chi connectivity index (χ4n) is 3.22. The van der Waals surface area contributed by atoms with E-state index in [0.717, 1.165) is 0 Å². The average molecular weight is 377 g/mol. The Bertz CT molecular complexity index is 870. The van der Waals surface area contributed by atoms with Crippen LogP contribution in [-0.4, -0.2) is 24.1 Å². The molecule has 0 fully saturated rings. The number of ketones is 2. The number of hydrogen-bond acceptors (Lipinski definition) is 5. The van der Waals surface area contributed by atoms with Crippen molar-refractivity contribution in [3.8, 4) is 6.07 Å². The smallest absolute Gasteiger partial charge is 0.327 e. The van der Waals surface area contributed by atoms with Crippen LogP contribution in [0.5, 0.6) is 0 Å². The number of esters is 1. The number of Topliss-reactive ketones (excluding diaryl/α,β-unsaturated/α-hetero) is 2. The maximum absolute atomic E-state index is 13.3. The molecule has 0 saturated heterocycles. The van der Waals surface area contributed by atoms with Gasteiger partial charge in [-0.15, -0.1) is 0 Å².